The Morgan fingerprint density at radius 1 is 1.11 bits per heavy atom. The van der Waals surface area contributed by atoms with E-state index in [1.165, 1.54) is 64.7 Å². The van der Waals surface area contributed by atoms with Crippen molar-refractivity contribution in [2.45, 2.75) is 58.4 Å². The van der Waals surface area contributed by atoms with Crippen molar-refractivity contribution in [3.05, 3.63) is 0 Å². The van der Waals surface area contributed by atoms with Gasteiger partial charge in [0.2, 0.25) is 0 Å². The van der Waals surface area contributed by atoms with Crippen molar-refractivity contribution in [1.82, 2.24) is 10.2 Å². The van der Waals surface area contributed by atoms with Crippen LogP contribution >= 0.6 is 0 Å². The Kier molecular flexibility index (Phi) is 3.68. The lowest BCUT2D eigenvalue weighted by Crippen LogP contribution is -2.45. The molecule has 2 heteroatoms. The van der Waals surface area contributed by atoms with Crippen LogP contribution < -0.4 is 5.32 Å². The Morgan fingerprint density at radius 3 is 2.28 bits per heavy atom. The quantitative estimate of drug-likeness (QED) is 0.780. The molecule has 0 spiro atoms. The molecule has 0 unspecified atom stereocenters. The maximum absolute atomic E-state index is 3.89. The molecule has 3 rings (SSSR count). The van der Waals surface area contributed by atoms with Crippen LogP contribution in [0, 0.1) is 17.3 Å². The molecule has 3 aliphatic rings. The van der Waals surface area contributed by atoms with Crippen molar-refractivity contribution in [3.63, 3.8) is 0 Å². The maximum Gasteiger partial charge on any atom is 0.00916 e. The van der Waals surface area contributed by atoms with Gasteiger partial charge in [-0.05, 0) is 68.9 Å². The lowest BCUT2D eigenvalue weighted by Gasteiger charge is -2.34. The topological polar surface area (TPSA) is 15.3 Å². The maximum atomic E-state index is 3.89. The van der Waals surface area contributed by atoms with E-state index in [-0.39, 0.29) is 0 Å². The molecule has 1 N–H and O–H groups in total. The second-order valence-corrected chi connectivity index (χ2v) is 7.49. The van der Waals surface area contributed by atoms with Gasteiger partial charge < -0.3 is 10.2 Å². The smallest absolute Gasteiger partial charge is 0.00916 e. The molecule has 0 aromatic carbocycles. The first-order valence-corrected chi connectivity index (χ1v) is 8.14. The Morgan fingerprint density at radius 2 is 1.78 bits per heavy atom. The van der Waals surface area contributed by atoms with Crippen molar-refractivity contribution < 1.29 is 0 Å². The third-order valence-corrected chi connectivity index (χ3v) is 5.29. The molecule has 3 fully saturated rings. The minimum atomic E-state index is 0.773. The van der Waals surface area contributed by atoms with Gasteiger partial charge in [-0.1, -0.05) is 13.8 Å². The van der Waals surface area contributed by atoms with Crippen LogP contribution in [0.1, 0.15) is 52.4 Å². The molecule has 2 nitrogen and oxygen atoms in total. The Bertz CT molecular complexity index is 271. The molecule has 0 radical (unpaired) electrons. The number of likely N-dealkylation sites (tertiary alicyclic amines) is 1. The molecule has 0 amide bonds. The van der Waals surface area contributed by atoms with Crippen molar-refractivity contribution in [3.8, 4) is 0 Å². The molecule has 18 heavy (non-hydrogen) atoms. The molecule has 2 aliphatic carbocycles. The normalized spacial score (nSPS) is 28.8. The van der Waals surface area contributed by atoms with Crippen molar-refractivity contribution in [1.29, 1.82) is 0 Å². The first kappa shape index (κ1) is 12.9. The summed E-state index contributed by atoms with van der Waals surface area (Å²) < 4.78 is 0. The molecule has 1 aliphatic heterocycles. The molecule has 0 atom stereocenters. The highest BCUT2D eigenvalue weighted by Gasteiger charge is 2.53. The molecular weight excluding hydrogens is 220 g/mol. The van der Waals surface area contributed by atoms with Gasteiger partial charge in [0.25, 0.3) is 0 Å². The van der Waals surface area contributed by atoms with E-state index in [0.717, 1.165) is 23.3 Å². The molecule has 0 aromatic rings. The summed E-state index contributed by atoms with van der Waals surface area (Å²) in [6, 6.07) is 0.810. The van der Waals surface area contributed by atoms with Gasteiger partial charge in [0.15, 0.2) is 0 Å². The molecule has 1 heterocycles. The van der Waals surface area contributed by atoms with Crippen molar-refractivity contribution in [2.24, 2.45) is 17.3 Å². The number of piperidine rings is 1. The Balaban J connectivity index is 1.35. The van der Waals surface area contributed by atoms with Crippen LogP contribution in [0.2, 0.25) is 0 Å². The number of nitrogens with zero attached hydrogens (tertiary/aromatic N) is 1. The van der Waals surface area contributed by atoms with Gasteiger partial charge in [0, 0.05) is 19.1 Å². The highest BCUT2D eigenvalue weighted by atomic mass is 15.1. The number of nitrogens with one attached hydrogen (secondary N) is 1. The molecule has 0 aromatic heterocycles. The van der Waals surface area contributed by atoms with Gasteiger partial charge in [0.1, 0.15) is 0 Å². The summed E-state index contributed by atoms with van der Waals surface area (Å²) in [6.07, 6.45) is 8.80. The van der Waals surface area contributed by atoms with Crippen LogP contribution in [0.15, 0.2) is 0 Å². The zero-order valence-corrected chi connectivity index (χ0v) is 12.3. The van der Waals surface area contributed by atoms with Crippen LogP contribution in [0.3, 0.4) is 0 Å². The fourth-order valence-electron chi connectivity index (χ4n) is 3.77. The van der Waals surface area contributed by atoms with Gasteiger partial charge in [-0.3, -0.25) is 0 Å². The Labute approximate surface area is 113 Å². The van der Waals surface area contributed by atoms with E-state index in [0.29, 0.717) is 0 Å². The summed E-state index contributed by atoms with van der Waals surface area (Å²) in [5.74, 6) is 1.92. The van der Waals surface area contributed by atoms with Crippen LogP contribution in [0.25, 0.3) is 0 Å². The van der Waals surface area contributed by atoms with Crippen LogP contribution in [-0.4, -0.2) is 37.1 Å². The average Bonchev–Trinajstić information content (AvgIpc) is 3.20. The lowest BCUT2D eigenvalue weighted by molar-refractivity contribution is 0.175. The number of hydrogen-bond donors (Lipinski definition) is 1. The lowest BCUT2D eigenvalue weighted by atomic mass is 9.98. The third kappa shape index (κ3) is 3.08. The van der Waals surface area contributed by atoms with Gasteiger partial charge in [-0.15, -0.1) is 0 Å². The fourth-order valence-corrected chi connectivity index (χ4v) is 3.77. The SMILES string of the molecule is CC(C)CN1CCC(NCC2(C3CC3)CC2)CC1. The minimum Gasteiger partial charge on any atom is -0.313 e. The summed E-state index contributed by atoms with van der Waals surface area (Å²) in [4.78, 5) is 2.65. The first-order chi connectivity index (χ1) is 8.68. The summed E-state index contributed by atoms with van der Waals surface area (Å²) in [6.45, 7) is 9.90. The summed E-state index contributed by atoms with van der Waals surface area (Å²) in [5, 5.41) is 3.89. The second-order valence-electron chi connectivity index (χ2n) is 7.49. The minimum absolute atomic E-state index is 0.773. The number of hydrogen-bond acceptors (Lipinski definition) is 2. The Hall–Kier alpha value is -0.0800. The van der Waals surface area contributed by atoms with E-state index in [1.807, 2.05) is 0 Å². The fraction of sp³-hybridized carbons (Fsp3) is 1.00. The van der Waals surface area contributed by atoms with Gasteiger partial charge >= 0.3 is 0 Å². The highest BCUT2D eigenvalue weighted by molar-refractivity contribution is 5.05. The standard InChI is InChI=1S/C16H30N2/c1-13(2)11-18-9-5-15(6-10-18)17-12-16(7-8-16)14-3-4-14/h13-15,17H,3-12H2,1-2H3. The van der Waals surface area contributed by atoms with Gasteiger partial charge in [-0.2, -0.15) is 0 Å². The van der Waals surface area contributed by atoms with E-state index in [9.17, 15) is 0 Å². The highest BCUT2D eigenvalue weighted by Crippen LogP contribution is 2.60. The zero-order valence-electron chi connectivity index (χ0n) is 12.3. The summed E-state index contributed by atoms with van der Waals surface area (Å²) in [7, 11) is 0. The third-order valence-electron chi connectivity index (χ3n) is 5.29. The predicted molar refractivity (Wildman–Crippen MR) is 76.7 cm³/mol. The molecule has 0 bridgehead atoms. The van der Waals surface area contributed by atoms with Gasteiger partial charge in [-0.25, -0.2) is 0 Å². The average molecular weight is 250 g/mol. The molecular formula is C16H30N2. The second kappa shape index (κ2) is 5.13. The summed E-state index contributed by atoms with van der Waals surface area (Å²) in [5.41, 5.74) is 0.773. The first-order valence-electron chi connectivity index (χ1n) is 8.14. The van der Waals surface area contributed by atoms with Crippen LogP contribution in [-0.2, 0) is 0 Å². The van der Waals surface area contributed by atoms with Crippen LogP contribution in [0.4, 0.5) is 0 Å². The summed E-state index contributed by atoms with van der Waals surface area (Å²) >= 11 is 0. The van der Waals surface area contributed by atoms with E-state index in [1.54, 1.807) is 0 Å². The van der Waals surface area contributed by atoms with E-state index >= 15 is 0 Å². The van der Waals surface area contributed by atoms with Gasteiger partial charge in [0.05, 0.1) is 0 Å². The van der Waals surface area contributed by atoms with E-state index in [2.05, 4.69) is 24.1 Å². The molecule has 2 saturated carbocycles. The van der Waals surface area contributed by atoms with E-state index < -0.39 is 0 Å². The van der Waals surface area contributed by atoms with Crippen LogP contribution in [0.5, 0.6) is 0 Å². The zero-order chi connectivity index (χ0) is 12.6. The largest absolute Gasteiger partial charge is 0.313 e. The van der Waals surface area contributed by atoms with Crippen molar-refractivity contribution >= 4 is 0 Å². The number of rotatable bonds is 6. The van der Waals surface area contributed by atoms with E-state index in [4.69, 9.17) is 0 Å². The van der Waals surface area contributed by atoms with Crippen molar-refractivity contribution in [2.75, 3.05) is 26.2 Å². The monoisotopic (exact) mass is 250 g/mol. The predicted octanol–water partition coefficient (Wildman–Crippen LogP) is 2.89. The molecule has 104 valence electrons. The molecule has 1 saturated heterocycles.